The van der Waals surface area contributed by atoms with Gasteiger partial charge in [0.05, 0.1) is 15.5 Å². The van der Waals surface area contributed by atoms with Crippen molar-refractivity contribution in [2.24, 2.45) is 0 Å². The number of benzene rings is 2. The first-order chi connectivity index (χ1) is 14.8. The number of halogens is 1. The van der Waals surface area contributed by atoms with E-state index in [1.807, 2.05) is 0 Å². The fourth-order valence-electron chi connectivity index (χ4n) is 3.40. The molecule has 9 heteroatoms. The summed E-state index contributed by atoms with van der Waals surface area (Å²) in [6.45, 7) is 2.55. The Morgan fingerprint density at radius 1 is 1.00 bits per heavy atom. The van der Waals surface area contributed by atoms with Crippen LogP contribution in [0.2, 0.25) is 5.02 Å². The summed E-state index contributed by atoms with van der Waals surface area (Å²) < 4.78 is 27.5. The van der Waals surface area contributed by atoms with Crippen molar-refractivity contribution in [1.82, 2.24) is 9.62 Å². The zero-order chi connectivity index (χ0) is 22.4. The number of sulfonamides is 1. The normalized spacial score (nSPS) is 16.2. The molecule has 2 N–H and O–H groups in total. The average molecular weight is 464 g/mol. The highest BCUT2D eigenvalue weighted by molar-refractivity contribution is 7.89. The van der Waals surface area contributed by atoms with E-state index in [4.69, 9.17) is 11.6 Å². The predicted molar refractivity (Wildman–Crippen MR) is 121 cm³/mol. The smallest absolute Gasteiger partial charge is 0.253 e. The molecule has 1 atom stereocenters. The maximum atomic E-state index is 13.0. The van der Waals surface area contributed by atoms with Crippen LogP contribution in [0.25, 0.3) is 0 Å². The van der Waals surface area contributed by atoms with Crippen molar-refractivity contribution < 1.29 is 18.0 Å². The van der Waals surface area contributed by atoms with Gasteiger partial charge in [-0.2, -0.15) is 4.31 Å². The lowest BCUT2D eigenvalue weighted by atomic mass is 10.2. The van der Waals surface area contributed by atoms with E-state index < -0.39 is 27.9 Å². The van der Waals surface area contributed by atoms with Crippen LogP contribution in [0.3, 0.4) is 0 Å². The summed E-state index contributed by atoms with van der Waals surface area (Å²) >= 11 is 6.02. The van der Waals surface area contributed by atoms with Gasteiger partial charge < -0.3 is 10.6 Å². The third-order valence-corrected chi connectivity index (χ3v) is 7.39. The van der Waals surface area contributed by atoms with Crippen LogP contribution in [0.4, 0.5) is 5.69 Å². The summed E-state index contributed by atoms with van der Waals surface area (Å²) in [7, 11) is -3.63. The third-order valence-electron chi connectivity index (χ3n) is 5.16. The maximum Gasteiger partial charge on any atom is 0.253 e. The van der Waals surface area contributed by atoms with E-state index >= 15 is 0 Å². The molecule has 1 saturated heterocycles. The highest BCUT2D eigenvalue weighted by Gasteiger charge is 2.26. The zero-order valence-electron chi connectivity index (χ0n) is 17.3. The highest BCUT2D eigenvalue weighted by atomic mass is 35.5. The summed E-state index contributed by atoms with van der Waals surface area (Å²) in [5, 5.41) is 5.56. The van der Waals surface area contributed by atoms with Crippen molar-refractivity contribution in [2.75, 3.05) is 18.4 Å². The topological polar surface area (TPSA) is 95.6 Å². The van der Waals surface area contributed by atoms with E-state index in [1.54, 1.807) is 43.3 Å². The molecule has 7 nitrogen and oxygen atoms in total. The van der Waals surface area contributed by atoms with Gasteiger partial charge in [0, 0.05) is 18.8 Å². The summed E-state index contributed by atoms with van der Waals surface area (Å²) in [5.41, 5.74) is 0.620. The Morgan fingerprint density at radius 2 is 1.68 bits per heavy atom. The van der Waals surface area contributed by atoms with Gasteiger partial charge in [-0.05, 0) is 50.1 Å². The molecule has 0 aliphatic carbocycles. The molecular formula is C22H26ClN3O4S. The van der Waals surface area contributed by atoms with Crippen molar-refractivity contribution in [3.8, 4) is 0 Å². The van der Waals surface area contributed by atoms with E-state index in [0.717, 1.165) is 25.7 Å². The Hall–Kier alpha value is -2.42. The highest BCUT2D eigenvalue weighted by Crippen LogP contribution is 2.23. The van der Waals surface area contributed by atoms with Crippen molar-refractivity contribution in [3.63, 3.8) is 0 Å². The Kier molecular flexibility index (Phi) is 7.69. The summed E-state index contributed by atoms with van der Waals surface area (Å²) in [5.74, 6) is -0.935. The second kappa shape index (κ2) is 10.3. The molecule has 2 aromatic rings. The molecule has 0 unspecified atom stereocenters. The van der Waals surface area contributed by atoms with E-state index in [2.05, 4.69) is 10.6 Å². The molecular weight excluding hydrogens is 438 g/mol. The molecule has 1 aliphatic rings. The van der Waals surface area contributed by atoms with Crippen LogP contribution in [0.5, 0.6) is 0 Å². The number of rotatable bonds is 6. The minimum Gasteiger partial charge on any atom is -0.340 e. The minimum atomic E-state index is -3.63. The Balaban J connectivity index is 1.68. The van der Waals surface area contributed by atoms with Gasteiger partial charge in [0.25, 0.3) is 5.91 Å². The first kappa shape index (κ1) is 23.2. The molecule has 0 spiro atoms. The van der Waals surface area contributed by atoms with E-state index in [-0.39, 0.29) is 10.5 Å². The van der Waals surface area contributed by atoms with Crippen molar-refractivity contribution in [1.29, 1.82) is 0 Å². The standard InChI is InChI=1S/C22H26ClN3O4S/c1-16(24-22(28)19-11-4-5-12-20(19)23)21(27)25-17-9-8-10-18(15-17)31(29,30)26-13-6-2-3-7-14-26/h4-5,8-12,15-16H,2-3,6-7,13-14H2,1H3,(H,24,28)(H,25,27)/t16-/m1/s1. The number of carbonyl (C=O) groups is 2. The van der Waals surface area contributed by atoms with Crippen LogP contribution < -0.4 is 10.6 Å². The molecule has 0 aromatic heterocycles. The van der Waals surface area contributed by atoms with Gasteiger partial charge in [-0.3, -0.25) is 9.59 Å². The summed E-state index contributed by atoms with van der Waals surface area (Å²) in [6.07, 6.45) is 3.75. The van der Waals surface area contributed by atoms with Gasteiger partial charge in [-0.25, -0.2) is 8.42 Å². The lowest BCUT2D eigenvalue weighted by Crippen LogP contribution is -2.41. The molecule has 166 valence electrons. The maximum absolute atomic E-state index is 13.0. The van der Waals surface area contributed by atoms with Gasteiger partial charge in [0.1, 0.15) is 6.04 Å². The monoisotopic (exact) mass is 463 g/mol. The van der Waals surface area contributed by atoms with Gasteiger partial charge in [-0.1, -0.05) is 42.6 Å². The largest absolute Gasteiger partial charge is 0.340 e. The molecule has 2 aromatic carbocycles. The third kappa shape index (κ3) is 5.84. The van der Waals surface area contributed by atoms with Crippen LogP contribution in [0.1, 0.15) is 43.0 Å². The minimum absolute atomic E-state index is 0.139. The molecule has 0 radical (unpaired) electrons. The molecule has 31 heavy (non-hydrogen) atoms. The van der Waals surface area contributed by atoms with Gasteiger partial charge >= 0.3 is 0 Å². The number of nitrogens with one attached hydrogen (secondary N) is 2. The van der Waals surface area contributed by atoms with Crippen molar-refractivity contribution in [2.45, 2.75) is 43.5 Å². The molecule has 0 saturated carbocycles. The summed E-state index contributed by atoms with van der Waals surface area (Å²) in [6, 6.07) is 11.9. The van der Waals surface area contributed by atoms with Gasteiger partial charge in [-0.15, -0.1) is 0 Å². The van der Waals surface area contributed by atoms with Crippen LogP contribution in [0.15, 0.2) is 53.4 Å². The fraction of sp³-hybridized carbons (Fsp3) is 0.364. The number of amides is 2. The quantitative estimate of drug-likeness (QED) is 0.683. The average Bonchev–Trinajstić information content (AvgIpc) is 3.04. The SMILES string of the molecule is C[C@@H](NC(=O)c1ccccc1Cl)C(=O)Nc1cccc(S(=O)(=O)N2CCCCCC2)c1. The van der Waals surface area contributed by atoms with Crippen LogP contribution in [-0.2, 0) is 14.8 Å². The van der Waals surface area contributed by atoms with Crippen molar-refractivity contribution >= 4 is 39.1 Å². The second-order valence-corrected chi connectivity index (χ2v) is 9.86. The number of hydrogen-bond acceptors (Lipinski definition) is 4. The Labute approximate surface area is 187 Å². The Bertz CT molecular complexity index is 1050. The zero-order valence-corrected chi connectivity index (χ0v) is 18.9. The molecule has 1 aliphatic heterocycles. The van der Waals surface area contributed by atoms with E-state index in [9.17, 15) is 18.0 Å². The predicted octanol–water partition coefficient (Wildman–Crippen LogP) is 3.66. The second-order valence-electron chi connectivity index (χ2n) is 7.51. The van der Waals surface area contributed by atoms with Crippen LogP contribution >= 0.6 is 11.6 Å². The van der Waals surface area contributed by atoms with Crippen LogP contribution in [-0.4, -0.2) is 43.7 Å². The fourth-order valence-corrected chi connectivity index (χ4v) is 5.19. The molecule has 1 fully saturated rings. The number of nitrogens with zero attached hydrogens (tertiary/aromatic N) is 1. The van der Waals surface area contributed by atoms with Gasteiger partial charge in [0.2, 0.25) is 15.9 Å². The van der Waals surface area contributed by atoms with Crippen LogP contribution in [0, 0.1) is 0 Å². The molecule has 1 heterocycles. The lowest BCUT2D eigenvalue weighted by molar-refractivity contribution is -0.117. The van der Waals surface area contributed by atoms with Crippen molar-refractivity contribution in [3.05, 3.63) is 59.1 Å². The Morgan fingerprint density at radius 3 is 2.35 bits per heavy atom. The number of carbonyl (C=O) groups excluding carboxylic acids is 2. The molecule has 2 amide bonds. The van der Waals surface area contributed by atoms with E-state index in [1.165, 1.54) is 16.4 Å². The first-order valence-corrected chi connectivity index (χ1v) is 12.1. The first-order valence-electron chi connectivity index (χ1n) is 10.3. The number of hydrogen-bond donors (Lipinski definition) is 2. The molecule has 0 bridgehead atoms. The number of anilines is 1. The van der Waals surface area contributed by atoms with E-state index in [0.29, 0.717) is 23.8 Å². The van der Waals surface area contributed by atoms with Gasteiger partial charge in [0.15, 0.2) is 0 Å². The summed E-state index contributed by atoms with van der Waals surface area (Å²) in [4.78, 5) is 25.1. The lowest BCUT2D eigenvalue weighted by Gasteiger charge is -2.20. The molecule has 3 rings (SSSR count).